The lowest BCUT2D eigenvalue weighted by Crippen LogP contribution is -2.48. The average Bonchev–Trinajstić information content (AvgIpc) is 3.22. The summed E-state index contributed by atoms with van der Waals surface area (Å²) in [5.74, 6) is 2.01. The van der Waals surface area contributed by atoms with Gasteiger partial charge in [0.25, 0.3) is 0 Å². The molecule has 0 aromatic rings. The molecule has 0 radical (unpaired) electrons. The third kappa shape index (κ3) is 2.45. The first-order valence-corrected chi connectivity index (χ1v) is 8.17. The molecule has 2 saturated carbocycles. The van der Waals surface area contributed by atoms with E-state index in [2.05, 4.69) is 6.92 Å². The zero-order chi connectivity index (χ0) is 12.9. The van der Waals surface area contributed by atoms with Crippen molar-refractivity contribution in [1.29, 1.82) is 0 Å². The Bertz CT molecular complexity index is 325. The quantitative estimate of drug-likeness (QED) is 0.683. The zero-order valence-corrected chi connectivity index (χ0v) is 12.0. The van der Waals surface area contributed by atoms with Crippen LogP contribution in [0.3, 0.4) is 0 Å². The van der Waals surface area contributed by atoms with E-state index in [0.717, 1.165) is 37.9 Å². The molecule has 0 bridgehead atoms. The highest BCUT2D eigenvalue weighted by molar-refractivity contribution is 4.94. The summed E-state index contributed by atoms with van der Waals surface area (Å²) in [7, 11) is 0. The highest BCUT2D eigenvalue weighted by Crippen LogP contribution is 2.45. The van der Waals surface area contributed by atoms with Crippen molar-refractivity contribution in [2.24, 2.45) is 17.8 Å². The van der Waals surface area contributed by atoms with Gasteiger partial charge in [0.05, 0.1) is 25.4 Å². The highest BCUT2D eigenvalue weighted by atomic mass is 16.7. The van der Waals surface area contributed by atoms with E-state index in [1.807, 2.05) is 0 Å². The van der Waals surface area contributed by atoms with Crippen LogP contribution in [0.5, 0.6) is 0 Å². The van der Waals surface area contributed by atoms with Crippen LogP contribution in [-0.4, -0.2) is 31.2 Å². The first-order chi connectivity index (χ1) is 9.24. The Morgan fingerprint density at radius 1 is 0.842 bits per heavy atom. The molecule has 3 unspecified atom stereocenters. The number of hydrogen-bond donors (Lipinski definition) is 0. The maximum Gasteiger partial charge on any atom is 0.168 e. The fourth-order valence-corrected chi connectivity index (χ4v) is 4.23. The molecule has 3 heteroatoms. The van der Waals surface area contributed by atoms with Gasteiger partial charge in [0, 0.05) is 18.8 Å². The second kappa shape index (κ2) is 4.71. The third-order valence-corrected chi connectivity index (χ3v) is 5.87. The minimum atomic E-state index is -0.212. The molecule has 3 atom stereocenters. The molecular weight excluding hydrogens is 240 g/mol. The van der Waals surface area contributed by atoms with Gasteiger partial charge in [0.1, 0.15) is 0 Å². The lowest BCUT2D eigenvalue weighted by molar-refractivity contribution is -0.302. The van der Waals surface area contributed by atoms with Gasteiger partial charge in [-0.3, -0.25) is 0 Å². The fourth-order valence-electron chi connectivity index (χ4n) is 4.23. The molecule has 4 aliphatic rings. The van der Waals surface area contributed by atoms with Crippen molar-refractivity contribution < 1.29 is 14.2 Å². The smallest absolute Gasteiger partial charge is 0.168 e. The van der Waals surface area contributed by atoms with Crippen molar-refractivity contribution in [1.82, 2.24) is 0 Å². The Labute approximate surface area is 116 Å². The van der Waals surface area contributed by atoms with Gasteiger partial charge < -0.3 is 14.2 Å². The van der Waals surface area contributed by atoms with Gasteiger partial charge in [-0.05, 0) is 43.9 Å². The molecule has 0 N–H and O–H groups in total. The first kappa shape index (κ1) is 12.6. The van der Waals surface area contributed by atoms with Crippen molar-refractivity contribution in [2.45, 2.75) is 69.9 Å². The summed E-state index contributed by atoms with van der Waals surface area (Å²) in [6.07, 6.45) is 9.69. The second-order valence-electron chi connectivity index (χ2n) is 7.26. The van der Waals surface area contributed by atoms with Gasteiger partial charge in [0.2, 0.25) is 0 Å². The van der Waals surface area contributed by atoms with Crippen LogP contribution in [0, 0.1) is 17.8 Å². The summed E-state index contributed by atoms with van der Waals surface area (Å²) in [6, 6.07) is 0. The van der Waals surface area contributed by atoms with Crippen molar-refractivity contribution in [3.63, 3.8) is 0 Å². The van der Waals surface area contributed by atoms with E-state index in [-0.39, 0.29) is 5.79 Å². The summed E-state index contributed by atoms with van der Waals surface area (Å²) in [4.78, 5) is 0. The largest absolute Gasteiger partial charge is 0.370 e. The van der Waals surface area contributed by atoms with Crippen molar-refractivity contribution in [3.05, 3.63) is 0 Å². The van der Waals surface area contributed by atoms with Crippen LogP contribution in [-0.2, 0) is 14.2 Å². The summed E-state index contributed by atoms with van der Waals surface area (Å²) in [6.45, 7) is 4.17. The Morgan fingerprint density at radius 2 is 1.58 bits per heavy atom. The third-order valence-electron chi connectivity index (χ3n) is 5.87. The molecule has 0 amide bonds. The van der Waals surface area contributed by atoms with E-state index < -0.39 is 0 Å². The van der Waals surface area contributed by atoms with Crippen molar-refractivity contribution >= 4 is 0 Å². The monoisotopic (exact) mass is 266 g/mol. The lowest BCUT2D eigenvalue weighted by Gasteiger charge is -2.45. The molecule has 2 aliphatic heterocycles. The van der Waals surface area contributed by atoms with Crippen molar-refractivity contribution in [2.75, 3.05) is 13.2 Å². The molecule has 0 aromatic carbocycles. The van der Waals surface area contributed by atoms with E-state index in [1.54, 1.807) is 0 Å². The minimum Gasteiger partial charge on any atom is -0.370 e. The van der Waals surface area contributed by atoms with E-state index in [1.165, 1.54) is 32.1 Å². The predicted molar refractivity (Wildman–Crippen MR) is 71.8 cm³/mol. The molecule has 2 saturated heterocycles. The molecule has 2 heterocycles. The van der Waals surface area contributed by atoms with Gasteiger partial charge >= 0.3 is 0 Å². The number of hydrogen-bond acceptors (Lipinski definition) is 3. The maximum absolute atomic E-state index is 6.21. The van der Waals surface area contributed by atoms with Crippen LogP contribution in [0.4, 0.5) is 0 Å². The number of epoxide rings is 1. The topological polar surface area (TPSA) is 31.0 Å². The normalized spacial score (nSPS) is 53.8. The first-order valence-electron chi connectivity index (χ1n) is 8.17. The van der Waals surface area contributed by atoms with Crippen LogP contribution < -0.4 is 0 Å². The maximum atomic E-state index is 6.21. The molecule has 4 fully saturated rings. The van der Waals surface area contributed by atoms with Gasteiger partial charge in [0.15, 0.2) is 5.79 Å². The standard InChI is InChI=1S/C16H26O3/c1-11-4-6-16(7-5-11)17-9-13(10-18-16)12-2-3-14-15(8-12)19-14/h11-15H,2-10H2,1H3. The molecule has 1 spiro atoms. The van der Waals surface area contributed by atoms with Crippen LogP contribution in [0.2, 0.25) is 0 Å². The van der Waals surface area contributed by atoms with Gasteiger partial charge in [-0.1, -0.05) is 6.92 Å². The Morgan fingerprint density at radius 3 is 2.26 bits per heavy atom. The van der Waals surface area contributed by atoms with E-state index in [9.17, 15) is 0 Å². The van der Waals surface area contributed by atoms with E-state index in [0.29, 0.717) is 18.1 Å². The lowest BCUT2D eigenvalue weighted by atomic mass is 9.79. The summed E-state index contributed by atoms with van der Waals surface area (Å²) in [5, 5.41) is 0. The Hall–Kier alpha value is -0.120. The minimum absolute atomic E-state index is 0.212. The second-order valence-corrected chi connectivity index (χ2v) is 7.26. The molecule has 4 rings (SSSR count). The van der Waals surface area contributed by atoms with Crippen molar-refractivity contribution in [3.8, 4) is 0 Å². The molecule has 2 aliphatic carbocycles. The van der Waals surface area contributed by atoms with Crippen LogP contribution in [0.15, 0.2) is 0 Å². The van der Waals surface area contributed by atoms with Gasteiger partial charge in [-0.2, -0.15) is 0 Å². The zero-order valence-electron chi connectivity index (χ0n) is 12.0. The summed E-state index contributed by atoms with van der Waals surface area (Å²) in [5.41, 5.74) is 0. The van der Waals surface area contributed by atoms with Crippen LogP contribution in [0.25, 0.3) is 0 Å². The number of fused-ring (bicyclic) bond motifs is 1. The van der Waals surface area contributed by atoms with E-state index in [4.69, 9.17) is 14.2 Å². The SMILES string of the molecule is CC1CCC2(CC1)OCC(C1CCC3OC3C1)CO2. The van der Waals surface area contributed by atoms with Crippen LogP contribution >= 0.6 is 0 Å². The predicted octanol–water partition coefficient (Wildman–Crippen LogP) is 3.12. The molecule has 0 aromatic heterocycles. The molecule has 108 valence electrons. The average molecular weight is 266 g/mol. The number of rotatable bonds is 1. The van der Waals surface area contributed by atoms with E-state index >= 15 is 0 Å². The van der Waals surface area contributed by atoms with Crippen LogP contribution in [0.1, 0.15) is 51.9 Å². The fraction of sp³-hybridized carbons (Fsp3) is 1.00. The Kier molecular flexibility index (Phi) is 3.13. The van der Waals surface area contributed by atoms with Gasteiger partial charge in [-0.15, -0.1) is 0 Å². The molecular formula is C16H26O3. The Balaban J connectivity index is 1.32. The molecule has 19 heavy (non-hydrogen) atoms. The molecule has 3 nitrogen and oxygen atoms in total. The summed E-state index contributed by atoms with van der Waals surface area (Å²) < 4.78 is 18.1. The highest BCUT2D eigenvalue weighted by Gasteiger charge is 2.48. The number of ether oxygens (including phenoxy) is 3. The van der Waals surface area contributed by atoms with Gasteiger partial charge in [-0.25, -0.2) is 0 Å². The summed E-state index contributed by atoms with van der Waals surface area (Å²) >= 11 is 0.